The monoisotopic (exact) mass is 201 g/mol. The number of unbranched alkanes of at least 4 members (excludes halogenated alkanes) is 1. The van der Waals surface area contributed by atoms with E-state index in [-0.39, 0.29) is 5.82 Å². The average molecular weight is 201 g/mol. The molecule has 0 aliphatic rings. The zero-order chi connectivity index (χ0) is 10.4. The lowest BCUT2D eigenvalue weighted by molar-refractivity contribution is 0.134. The molecule has 1 aromatic rings. The van der Waals surface area contributed by atoms with Crippen LogP contribution in [0.2, 0.25) is 0 Å². The van der Waals surface area contributed by atoms with E-state index in [0.717, 1.165) is 25.0 Å². The largest absolute Gasteiger partial charge is 0.305 e. The second-order valence-corrected chi connectivity index (χ2v) is 3.06. The molecule has 78 valence electrons. The first-order valence-electron chi connectivity index (χ1n) is 4.49. The minimum atomic E-state index is -0.406. The van der Waals surface area contributed by atoms with Crippen LogP contribution in [0.25, 0.3) is 0 Å². The van der Waals surface area contributed by atoms with Crippen LogP contribution < -0.4 is 5.90 Å². The molecular weight excluding hydrogens is 188 g/mol. The van der Waals surface area contributed by atoms with Crippen LogP contribution in [-0.4, -0.2) is 6.61 Å². The van der Waals surface area contributed by atoms with Crippen molar-refractivity contribution in [2.24, 2.45) is 5.90 Å². The van der Waals surface area contributed by atoms with Crippen molar-refractivity contribution in [3.8, 4) is 0 Å². The molecule has 4 heteroatoms. The lowest BCUT2D eigenvalue weighted by atomic mass is 10.1. The van der Waals surface area contributed by atoms with Gasteiger partial charge in [0.1, 0.15) is 11.6 Å². The van der Waals surface area contributed by atoms with Crippen LogP contribution in [0.15, 0.2) is 18.2 Å². The number of hydrogen-bond acceptors (Lipinski definition) is 2. The summed E-state index contributed by atoms with van der Waals surface area (Å²) in [5.74, 6) is 4.06. The first-order valence-corrected chi connectivity index (χ1v) is 4.49. The third-order valence-electron chi connectivity index (χ3n) is 1.97. The van der Waals surface area contributed by atoms with Crippen molar-refractivity contribution < 1.29 is 13.6 Å². The van der Waals surface area contributed by atoms with Crippen molar-refractivity contribution >= 4 is 0 Å². The molecule has 0 aliphatic heterocycles. The van der Waals surface area contributed by atoms with Gasteiger partial charge in [0.15, 0.2) is 0 Å². The standard InChI is InChI=1S/C10H13F2NO/c11-9-4-5-10(12)8(7-9)3-1-2-6-14-13/h4-5,7H,1-3,6,13H2. The zero-order valence-corrected chi connectivity index (χ0v) is 7.80. The van der Waals surface area contributed by atoms with Crippen LogP contribution in [0.4, 0.5) is 8.78 Å². The summed E-state index contributed by atoms with van der Waals surface area (Å²) in [6.07, 6.45) is 1.98. The van der Waals surface area contributed by atoms with Crippen molar-refractivity contribution in [2.45, 2.75) is 19.3 Å². The molecule has 0 radical (unpaired) electrons. The molecule has 2 N–H and O–H groups in total. The molecule has 0 unspecified atom stereocenters. The van der Waals surface area contributed by atoms with Gasteiger partial charge in [-0.3, -0.25) is 0 Å². The van der Waals surface area contributed by atoms with Crippen LogP contribution in [0.1, 0.15) is 18.4 Å². The molecule has 0 aliphatic carbocycles. The van der Waals surface area contributed by atoms with Crippen molar-refractivity contribution in [1.29, 1.82) is 0 Å². The van der Waals surface area contributed by atoms with Crippen LogP contribution in [0, 0.1) is 11.6 Å². The number of nitrogens with two attached hydrogens (primary N) is 1. The first kappa shape index (κ1) is 11.1. The number of hydrogen-bond donors (Lipinski definition) is 1. The number of benzene rings is 1. The molecule has 1 rings (SSSR count). The highest BCUT2D eigenvalue weighted by Crippen LogP contribution is 2.12. The van der Waals surface area contributed by atoms with Crippen LogP contribution >= 0.6 is 0 Å². The fourth-order valence-electron chi connectivity index (χ4n) is 1.24. The second kappa shape index (κ2) is 5.67. The zero-order valence-electron chi connectivity index (χ0n) is 7.80. The van der Waals surface area contributed by atoms with Crippen LogP contribution in [0.5, 0.6) is 0 Å². The van der Waals surface area contributed by atoms with E-state index in [0.29, 0.717) is 18.6 Å². The van der Waals surface area contributed by atoms with E-state index < -0.39 is 5.82 Å². The summed E-state index contributed by atoms with van der Waals surface area (Å²) >= 11 is 0. The Morgan fingerprint density at radius 3 is 2.71 bits per heavy atom. The highest BCUT2D eigenvalue weighted by atomic mass is 19.1. The maximum atomic E-state index is 13.1. The van der Waals surface area contributed by atoms with Crippen molar-refractivity contribution in [3.63, 3.8) is 0 Å². The minimum Gasteiger partial charge on any atom is -0.305 e. The fourth-order valence-corrected chi connectivity index (χ4v) is 1.24. The average Bonchev–Trinajstić information content (AvgIpc) is 2.18. The lowest BCUT2D eigenvalue weighted by Crippen LogP contribution is -2.01. The van der Waals surface area contributed by atoms with Gasteiger partial charge in [0, 0.05) is 0 Å². The molecule has 0 saturated heterocycles. The summed E-state index contributed by atoms with van der Waals surface area (Å²) in [4.78, 5) is 4.37. The smallest absolute Gasteiger partial charge is 0.126 e. The van der Waals surface area contributed by atoms with E-state index >= 15 is 0 Å². The summed E-state index contributed by atoms with van der Waals surface area (Å²) in [6.45, 7) is 0.441. The van der Waals surface area contributed by atoms with E-state index in [1.807, 2.05) is 0 Å². The Morgan fingerprint density at radius 2 is 2.00 bits per heavy atom. The highest BCUT2D eigenvalue weighted by molar-refractivity contribution is 5.18. The van der Waals surface area contributed by atoms with Gasteiger partial charge in [-0.05, 0) is 43.0 Å². The Bertz CT molecular complexity index is 291. The van der Waals surface area contributed by atoms with Gasteiger partial charge in [0.2, 0.25) is 0 Å². The van der Waals surface area contributed by atoms with Gasteiger partial charge >= 0.3 is 0 Å². The van der Waals surface area contributed by atoms with Crippen LogP contribution in [0.3, 0.4) is 0 Å². The van der Waals surface area contributed by atoms with Crippen molar-refractivity contribution in [1.82, 2.24) is 0 Å². The first-order chi connectivity index (χ1) is 6.74. The second-order valence-electron chi connectivity index (χ2n) is 3.06. The molecule has 0 spiro atoms. The molecule has 0 saturated carbocycles. The predicted molar refractivity (Wildman–Crippen MR) is 49.4 cm³/mol. The maximum Gasteiger partial charge on any atom is 0.126 e. The van der Waals surface area contributed by atoms with E-state index in [4.69, 9.17) is 5.90 Å². The normalized spacial score (nSPS) is 10.5. The molecule has 1 aromatic carbocycles. The Hall–Kier alpha value is -1.00. The third-order valence-corrected chi connectivity index (χ3v) is 1.97. The van der Waals surface area contributed by atoms with Crippen molar-refractivity contribution in [2.75, 3.05) is 6.61 Å². The molecule has 0 amide bonds. The molecule has 0 fully saturated rings. The van der Waals surface area contributed by atoms with E-state index in [2.05, 4.69) is 4.84 Å². The van der Waals surface area contributed by atoms with Gasteiger partial charge in [-0.15, -0.1) is 0 Å². The minimum absolute atomic E-state index is 0.361. The summed E-state index contributed by atoms with van der Waals surface area (Å²) in [5.41, 5.74) is 0.405. The predicted octanol–water partition coefficient (Wildman–Crippen LogP) is 2.18. The summed E-state index contributed by atoms with van der Waals surface area (Å²) < 4.78 is 25.8. The quantitative estimate of drug-likeness (QED) is 0.585. The number of rotatable bonds is 5. The molecule has 0 heterocycles. The molecule has 0 bridgehead atoms. The van der Waals surface area contributed by atoms with Gasteiger partial charge in [-0.2, -0.15) is 0 Å². The van der Waals surface area contributed by atoms with E-state index in [9.17, 15) is 8.78 Å². The number of halogens is 2. The SMILES string of the molecule is NOCCCCc1cc(F)ccc1F. The molecule has 14 heavy (non-hydrogen) atoms. The van der Waals surface area contributed by atoms with Crippen molar-refractivity contribution in [3.05, 3.63) is 35.4 Å². The van der Waals surface area contributed by atoms with E-state index in [1.165, 1.54) is 6.07 Å². The fraction of sp³-hybridized carbons (Fsp3) is 0.400. The third kappa shape index (κ3) is 3.40. The Balaban J connectivity index is 2.45. The Morgan fingerprint density at radius 1 is 1.21 bits per heavy atom. The topological polar surface area (TPSA) is 35.2 Å². The van der Waals surface area contributed by atoms with Gasteiger partial charge in [0.25, 0.3) is 0 Å². The van der Waals surface area contributed by atoms with Gasteiger partial charge < -0.3 is 4.84 Å². The Labute approximate surface area is 81.6 Å². The maximum absolute atomic E-state index is 13.1. The van der Waals surface area contributed by atoms with E-state index in [1.54, 1.807) is 0 Å². The summed E-state index contributed by atoms with van der Waals surface area (Å²) in [5, 5.41) is 0. The molecular formula is C10H13F2NO. The summed E-state index contributed by atoms with van der Waals surface area (Å²) in [6, 6.07) is 3.48. The highest BCUT2D eigenvalue weighted by Gasteiger charge is 2.02. The van der Waals surface area contributed by atoms with Gasteiger partial charge in [0.05, 0.1) is 6.61 Å². The number of aryl methyl sites for hydroxylation is 1. The molecule has 0 aromatic heterocycles. The van der Waals surface area contributed by atoms with Gasteiger partial charge in [-0.1, -0.05) is 0 Å². The van der Waals surface area contributed by atoms with Crippen LogP contribution in [-0.2, 0) is 11.3 Å². The lowest BCUT2D eigenvalue weighted by Gasteiger charge is -2.02. The molecule has 0 atom stereocenters. The summed E-state index contributed by atoms with van der Waals surface area (Å²) in [7, 11) is 0. The molecule has 2 nitrogen and oxygen atoms in total. The van der Waals surface area contributed by atoms with Gasteiger partial charge in [-0.25, -0.2) is 14.7 Å². The Kier molecular flexibility index (Phi) is 4.49.